The normalized spacial score (nSPS) is 12.6. The van der Waals surface area contributed by atoms with Gasteiger partial charge in [-0.05, 0) is 43.8 Å². The van der Waals surface area contributed by atoms with Crippen molar-refractivity contribution in [2.75, 3.05) is 13.6 Å². The topological polar surface area (TPSA) is 20.3 Å². The molecule has 1 atom stereocenters. The molecule has 1 aromatic heterocycles. The molecular weight excluding hydrogens is 278 g/mol. The Hall–Kier alpha value is -1.45. The lowest BCUT2D eigenvalue weighted by molar-refractivity contribution is 0.0870. The first-order valence-electron chi connectivity index (χ1n) is 7.47. The second-order valence-electron chi connectivity index (χ2n) is 5.40. The molecule has 112 valence electrons. The van der Waals surface area contributed by atoms with Crippen LogP contribution in [0.5, 0.6) is 0 Å². The van der Waals surface area contributed by atoms with E-state index in [1.807, 2.05) is 38.2 Å². The van der Waals surface area contributed by atoms with E-state index in [4.69, 9.17) is 0 Å². The van der Waals surface area contributed by atoms with Gasteiger partial charge in [0.25, 0.3) is 0 Å². The molecule has 2 nitrogen and oxygen atoms in total. The molecule has 0 aliphatic rings. The van der Waals surface area contributed by atoms with Gasteiger partial charge < -0.3 is 0 Å². The lowest BCUT2D eigenvalue weighted by Crippen LogP contribution is -2.37. The van der Waals surface area contributed by atoms with Crippen LogP contribution in [0.15, 0.2) is 41.8 Å². The summed E-state index contributed by atoms with van der Waals surface area (Å²) in [6, 6.07) is 12.1. The molecule has 2 aromatic rings. The monoisotopic (exact) mass is 301 g/mol. The van der Waals surface area contributed by atoms with Crippen LogP contribution in [0.25, 0.3) is 0 Å². The first-order valence-corrected chi connectivity index (χ1v) is 8.35. The van der Waals surface area contributed by atoms with Crippen molar-refractivity contribution in [3.05, 3.63) is 57.8 Å². The van der Waals surface area contributed by atoms with Crippen molar-refractivity contribution in [3.63, 3.8) is 0 Å². The van der Waals surface area contributed by atoms with E-state index in [2.05, 4.69) is 29.3 Å². The van der Waals surface area contributed by atoms with Gasteiger partial charge in [0.05, 0.1) is 6.04 Å². The summed E-state index contributed by atoms with van der Waals surface area (Å²) in [4.78, 5) is 16.0. The molecule has 1 unspecified atom stereocenters. The van der Waals surface area contributed by atoms with Gasteiger partial charge in [0.1, 0.15) is 0 Å². The molecule has 0 amide bonds. The number of carbonyl (C=O) groups is 1. The van der Waals surface area contributed by atoms with Crippen LogP contribution in [-0.2, 0) is 12.8 Å². The summed E-state index contributed by atoms with van der Waals surface area (Å²) in [6.07, 6.45) is 2.01. The Kier molecular flexibility index (Phi) is 5.71. The van der Waals surface area contributed by atoms with Crippen LogP contribution >= 0.6 is 11.3 Å². The summed E-state index contributed by atoms with van der Waals surface area (Å²) >= 11 is 1.77. The zero-order valence-electron chi connectivity index (χ0n) is 13.0. The quantitative estimate of drug-likeness (QED) is 0.719. The Labute approximate surface area is 131 Å². The second-order valence-corrected chi connectivity index (χ2v) is 6.43. The SMILES string of the molecule is CCc1ccc(C(=O)C(C)N(C)CCc2cccs2)cc1. The van der Waals surface area contributed by atoms with Crippen molar-refractivity contribution < 1.29 is 4.79 Å². The summed E-state index contributed by atoms with van der Waals surface area (Å²) in [6.45, 7) is 5.02. The fraction of sp³-hybridized carbons (Fsp3) is 0.389. The smallest absolute Gasteiger partial charge is 0.179 e. The molecule has 0 N–H and O–H groups in total. The van der Waals surface area contributed by atoms with E-state index in [9.17, 15) is 4.79 Å². The van der Waals surface area contributed by atoms with E-state index >= 15 is 0 Å². The average molecular weight is 301 g/mol. The van der Waals surface area contributed by atoms with Crippen LogP contribution in [0, 0.1) is 0 Å². The minimum atomic E-state index is -0.0857. The molecular formula is C18H23NOS. The van der Waals surface area contributed by atoms with Gasteiger partial charge in [-0.15, -0.1) is 11.3 Å². The molecule has 0 aliphatic heterocycles. The van der Waals surface area contributed by atoms with Gasteiger partial charge in [-0.3, -0.25) is 9.69 Å². The highest BCUT2D eigenvalue weighted by Crippen LogP contribution is 2.13. The third-order valence-electron chi connectivity index (χ3n) is 3.98. The second kappa shape index (κ2) is 7.53. The Bertz CT molecular complexity index is 559. The summed E-state index contributed by atoms with van der Waals surface area (Å²) in [5, 5.41) is 2.10. The number of benzene rings is 1. The number of likely N-dealkylation sites (N-methyl/N-ethyl adjacent to an activating group) is 1. The number of rotatable bonds is 7. The minimum Gasteiger partial charge on any atom is -0.296 e. The molecule has 0 aliphatic carbocycles. The first-order chi connectivity index (χ1) is 10.1. The fourth-order valence-corrected chi connectivity index (χ4v) is 2.98. The van der Waals surface area contributed by atoms with E-state index in [0.717, 1.165) is 24.9 Å². The maximum absolute atomic E-state index is 12.5. The van der Waals surface area contributed by atoms with Gasteiger partial charge >= 0.3 is 0 Å². The lowest BCUT2D eigenvalue weighted by Gasteiger charge is -2.23. The molecule has 1 heterocycles. The summed E-state index contributed by atoms with van der Waals surface area (Å²) in [5.74, 6) is 0.200. The Balaban J connectivity index is 1.93. The summed E-state index contributed by atoms with van der Waals surface area (Å²) in [5.41, 5.74) is 2.08. The van der Waals surface area contributed by atoms with Gasteiger partial charge in [-0.25, -0.2) is 0 Å². The Morgan fingerprint density at radius 3 is 2.52 bits per heavy atom. The number of thiophene rings is 1. The molecule has 0 bridgehead atoms. The van der Waals surface area contributed by atoms with Gasteiger partial charge in [0, 0.05) is 17.0 Å². The van der Waals surface area contributed by atoms with E-state index < -0.39 is 0 Å². The third-order valence-corrected chi connectivity index (χ3v) is 4.91. The number of carbonyl (C=O) groups excluding carboxylic acids is 1. The highest BCUT2D eigenvalue weighted by molar-refractivity contribution is 7.09. The zero-order valence-corrected chi connectivity index (χ0v) is 13.8. The molecule has 1 aromatic carbocycles. The van der Waals surface area contributed by atoms with Crippen molar-refractivity contribution in [3.8, 4) is 0 Å². The number of hydrogen-bond acceptors (Lipinski definition) is 3. The molecule has 0 radical (unpaired) electrons. The third kappa shape index (κ3) is 4.26. The van der Waals surface area contributed by atoms with Crippen molar-refractivity contribution in [2.24, 2.45) is 0 Å². The molecule has 2 rings (SSSR count). The van der Waals surface area contributed by atoms with Crippen molar-refractivity contribution >= 4 is 17.1 Å². The Morgan fingerprint density at radius 1 is 1.24 bits per heavy atom. The minimum absolute atomic E-state index is 0.0857. The van der Waals surface area contributed by atoms with Gasteiger partial charge in [-0.2, -0.15) is 0 Å². The van der Waals surface area contributed by atoms with E-state index in [1.54, 1.807) is 11.3 Å². The van der Waals surface area contributed by atoms with Crippen molar-refractivity contribution in [1.29, 1.82) is 0 Å². The maximum Gasteiger partial charge on any atom is 0.179 e. The van der Waals surface area contributed by atoms with E-state index in [0.29, 0.717) is 0 Å². The predicted molar refractivity (Wildman–Crippen MR) is 90.3 cm³/mol. The van der Waals surface area contributed by atoms with Crippen LogP contribution in [0.4, 0.5) is 0 Å². The number of aryl methyl sites for hydroxylation is 1. The molecule has 21 heavy (non-hydrogen) atoms. The highest BCUT2D eigenvalue weighted by atomic mass is 32.1. The summed E-state index contributed by atoms with van der Waals surface area (Å²) < 4.78 is 0. The lowest BCUT2D eigenvalue weighted by atomic mass is 10.0. The van der Waals surface area contributed by atoms with Crippen molar-refractivity contribution in [1.82, 2.24) is 4.90 Å². The van der Waals surface area contributed by atoms with E-state index in [1.165, 1.54) is 10.4 Å². The van der Waals surface area contributed by atoms with Crippen LogP contribution in [0.3, 0.4) is 0 Å². The predicted octanol–water partition coefficient (Wildman–Crippen LogP) is 4.06. The number of hydrogen-bond donors (Lipinski definition) is 0. The number of Topliss-reactive ketones (excluding diaryl/α,β-unsaturated/α-hetero) is 1. The zero-order chi connectivity index (χ0) is 15.2. The number of nitrogens with zero attached hydrogens (tertiary/aromatic N) is 1. The Morgan fingerprint density at radius 2 is 1.95 bits per heavy atom. The van der Waals surface area contributed by atoms with Gasteiger partial charge in [0.15, 0.2) is 5.78 Å². The summed E-state index contributed by atoms with van der Waals surface area (Å²) in [7, 11) is 2.02. The fourth-order valence-electron chi connectivity index (χ4n) is 2.28. The molecule has 0 spiro atoms. The van der Waals surface area contributed by atoms with Crippen LogP contribution in [0.2, 0.25) is 0 Å². The first kappa shape index (κ1) is 15.9. The van der Waals surface area contributed by atoms with Gasteiger partial charge in [-0.1, -0.05) is 37.3 Å². The largest absolute Gasteiger partial charge is 0.296 e. The molecule has 3 heteroatoms. The number of ketones is 1. The standard InChI is InChI=1S/C18H23NOS/c1-4-15-7-9-16(10-8-15)18(20)14(2)19(3)12-11-17-6-5-13-21-17/h5-10,13-14H,4,11-12H2,1-3H3. The highest BCUT2D eigenvalue weighted by Gasteiger charge is 2.19. The van der Waals surface area contributed by atoms with Gasteiger partial charge in [0.2, 0.25) is 0 Å². The molecule has 0 fully saturated rings. The van der Waals surface area contributed by atoms with Crippen LogP contribution in [-0.4, -0.2) is 30.3 Å². The molecule has 0 saturated carbocycles. The van der Waals surface area contributed by atoms with Crippen molar-refractivity contribution in [2.45, 2.75) is 32.7 Å². The van der Waals surface area contributed by atoms with Crippen LogP contribution in [0.1, 0.15) is 34.6 Å². The average Bonchev–Trinajstić information content (AvgIpc) is 3.04. The maximum atomic E-state index is 12.5. The van der Waals surface area contributed by atoms with Crippen LogP contribution < -0.4 is 0 Å². The van der Waals surface area contributed by atoms with E-state index in [-0.39, 0.29) is 11.8 Å². The molecule has 0 saturated heterocycles.